The molecule has 0 aliphatic carbocycles. The summed E-state index contributed by atoms with van der Waals surface area (Å²) in [6, 6.07) is 4.00. The highest BCUT2D eigenvalue weighted by atomic mass is 35.5. The number of nitrogens with zero attached hydrogens (tertiary/aromatic N) is 7. The van der Waals surface area contributed by atoms with E-state index in [1.807, 2.05) is 17.9 Å². The number of amides is 1. The fraction of sp³-hybridized carbons (Fsp3) is 0.425. The van der Waals surface area contributed by atoms with Gasteiger partial charge in [0.25, 0.3) is 0 Å². The van der Waals surface area contributed by atoms with E-state index in [1.165, 1.54) is 24.6 Å². The fourth-order valence-electron chi connectivity index (χ4n) is 8.84. The van der Waals surface area contributed by atoms with Crippen molar-refractivity contribution in [1.82, 2.24) is 35.1 Å². The van der Waals surface area contributed by atoms with Crippen LogP contribution in [0.5, 0.6) is 6.01 Å². The Labute approximate surface area is 326 Å². The molecule has 4 aliphatic rings. The highest BCUT2D eigenvalue weighted by molar-refractivity contribution is 6.34. The van der Waals surface area contributed by atoms with Crippen molar-refractivity contribution in [1.29, 1.82) is 0 Å². The number of carbonyl (C=O) groups excluding carboxylic acids is 1. The predicted octanol–water partition coefficient (Wildman–Crippen LogP) is 6.36. The largest absolute Gasteiger partial charge is 0.461 e. The Morgan fingerprint density at radius 2 is 2.04 bits per heavy atom. The Morgan fingerprint density at radius 1 is 1.21 bits per heavy atom. The van der Waals surface area contributed by atoms with Crippen LogP contribution in [-0.2, 0) is 23.9 Å². The number of hydrogen-bond donors (Lipinski definition) is 2. The molecule has 4 aromatic rings. The summed E-state index contributed by atoms with van der Waals surface area (Å²) < 4.78 is 66.6. The smallest absolute Gasteiger partial charge is 0.418 e. The molecule has 7 heterocycles. The first-order chi connectivity index (χ1) is 26.7. The molecule has 0 spiro atoms. The van der Waals surface area contributed by atoms with Crippen LogP contribution < -0.4 is 20.7 Å². The van der Waals surface area contributed by atoms with E-state index >= 15 is 4.39 Å². The van der Waals surface area contributed by atoms with Gasteiger partial charge in [-0.05, 0) is 93.6 Å². The summed E-state index contributed by atoms with van der Waals surface area (Å²) in [5.41, 5.74) is 6.76. The Morgan fingerprint density at radius 3 is 2.82 bits per heavy atom. The molecule has 2 atom stereocenters. The number of nitrogen functional groups attached to an aromatic ring is 1. The molecule has 0 unspecified atom stereocenters. The van der Waals surface area contributed by atoms with Crippen molar-refractivity contribution in [3.05, 3.63) is 81.4 Å². The van der Waals surface area contributed by atoms with Crippen LogP contribution in [0.2, 0.25) is 5.02 Å². The van der Waals surface area contributed by atoms with E-state index in [9.17, 15) is 18.0 Å². The number of carbonyl (C=O) groups is 1. The maximum atomic E-state index is 17.0. The number of rotatable bonds is 7. The number of nitrogens with two attached hydrogens (primary N) is 1. The molecule has 56 heavy (non-hydrogen) atoms. The lowest BCUT2D eigenvalue weighted by Crippen LogP contribution is -2.53. The molecule has 1 aromatic carbocycles. The monoisotopic (exact) mass is 791 g/mol. The number of hydrogen-bond acceptors (Lipinski definition) is 10. The van der Waals surface area contributed by atoms with Crippen LogP contribution in [0.25, 0.3) is 28.2 Å². The number of halogens is 5. The lowest BCUT2D eigenvalue weighted by Gasteiger charge is -2.40. The highest BCUT2D eigenvalue weighted by Crippen LogP contribution is 2.45. The minimum atomic E-state index is -4.89. The number of alkyl halides is 3. The van der Waals surface area contributed by atoms with Gasteiger partial charge in [0.1, 0.15) is 23.8 Å². The van der Waals surface area contributed by atoms with E-state index in [4.69, 9.17) is 27.1 Å². The second-order valence-corrected chi connectivity index (χ2v) is 15.7. The molecule has 16 heteroatoms. The van der Waals surface area contributed by atoms with E-state index in [-0.39, 0.29) is 63.2 Å². The number of benzene rings is 1. The number of fused-ring (bicyclic) bond motifs is 3. The first kappa shape index (κ1) is 38.0. The van der Waals surface area contributed by atoms with Crippen molar-refractivity contribution in [3.63, 3.8) is 0 Å². The molecule has 11 nitrogen and oxygen atoms in total. The van der Waals surface area contributed by atoms with Gasteiger partial charge in [-0.15, -0.1) is 0 Å². The van der Waals surface area contributed by atoms with Gasteiger partial charge in [0.15, 0.2) is 5.82 Å². The molecule has 0 saturated carbocycles. The summed E-state index contributed by atoms with van der Waals surface area (Å²) >= 11 is 6.70. The molecule has 3 aromatic heterocycles. The van der Waals surface area contributed by atoms with Crippen LogP contribution in [0, 0.1) is 12.7 Å². The fourth-order valence-corrected chi connectivity index (χ4v) is 9.12. The maximum Gasteiger partial charge on any atom is 0.418 e. The molecule has 4 aliphatic heterocycles. The minimum absolute atomic E-state index is 0.131. The Hall–Kier alpha value is -4.86. The average molecular weight is 792 g/mol. The lowest BCUT2D eigenvalue weighted by molar-refractivity contribution is -0.137. The zero-order valence-electron chi connectivity index (χ0n) is 31.1. The Balaban J connectivity index is 1.15. The predicted molar refractivity (Wildman–Crippen MR) is 207 cm³/mol. The average Bonchev–Trinajstić information content (AvgIpc) is 3.67. The van der Waals surface area contributed by atoms with Gasteiger partial charge in [-0.2, -0.15) is 23.1 Å². The number of aryl methyl sites for hydroxylation is 1. The third kappa shape index (κ3) is 6.94. The van der Waals surface area contributed by atoms with Crippen LogP contribution in [0.4, 0.5) is 29.2 Å². The van der Waals surface area contributed by atoms with Crippen LogP contribution in [0.1, 0.15) is 54.1 Å². The SMILES string of the molecule is C=C1CN2CCC[C@@]2(COc2nc(N3CCN(C(=O)/C=C/c4nccc5c4CNCC5)C[C@@H]3C)c3cc(Cl)c(-c4nc(N)cc(C)c4C(F)(F)F)c(F)c3n2)C1. The van der Waals surface area contributed by atoms with Crippen molar-refractivity contribution >= 4 is 46.1 Å². The van der Waals surface area contributed by atoms with Crippen molar-refractivity contribution in [2.75, 3.05) is 56.5 Å². The van der Waals surface area contributed by atoms with Gasteiger partial charge in [0.05, 0.1) is 33.1 Å². The number of pyridine rings is 2. The number of ether oxygens (including phenoxy) is 1. The minimum Gasteiger partial charge on any atom is -0.461 e. The molecular weight excluding hydrogens is 750 g/mol. The van der Waals surface area contributed by atoms with Gasteiger partial charge in [0, 0.05) is 56.4 Å². The number of aromatic nitrogens is 4. The van der Waals surface area contributed by atoms with Gasteiger partial charge < -0.3 is 25.6 Å². The van der Waals surface area contributed by atoms with Crippen LogP contribution in [0.3, 0.4) is 0 Å². The van der Waals surface area contributed by atoms with Crippen molar-refractivity contribution in [2.24, 2.45) is 0 Å². The first-order valence-corrected chi connectivity index (χ1v) is 19.1. The summed E-state index contributed by atoms with van der Waals surface area (Å²) in [5.74, 6) is -1.24. The van der Waals surface area contributed by atoms with E-state index in [0.29, 0.717) is 26.2 Å². The molecule has 0 radical (unpaired) electrons. The Bertz CT molecular complexity index is 2290. The van der Waals surface area contributed by atoms with Crippen molar-refractivity contribution < 1.29 is 27.1 Å². The van der Waals surface area contributed by atoms with E-state index in [0.717, 1.165) is 68.2 Å². The molecule has 3 fully saturated rings. The van der Waals surface area contributed by atoms with Gasteiger partial charge >= 0.3 is 12.2 Å². The molecule has 3 saturated heterocycles. The first-order valence-electron chi connectivity index (χ1n) is 18.7. The van der Waals surface area contributed by atoms with Crippen LogP contribution in [-0.4, -0.2) is 93.1 Å². The summed E-state index contributed by atoms with van der Waals surface area (Å²) in [7, 11) is 0. The van der Waals surface area contributed by atoms with Gasteiger partial charge in [-0.3, -0.25) is 14.7 Å². The maximum absolute atomic E-state index is 17.0. The third-order valence-corrected chi connectivity index (χ3v) is 11.8. The van der Waals surface area contributed by atoms with Crippen LogP contribution >= 0.6 is 11.6 Å². The zero-order valence-corrected chi connectivity index (χ0v) is 31.9. The van der Waals surface area contributed by atoms with Gasteiger partial charge in [0.2, 0.25) is 5.91 Å². The Kier molecular flexibility index (Phi) is 9.90. The summed E-state index contributed by atoms with van der Waals surface area (Å²) in [6.45, 7) is 11.7. The van der Waals surface area contributed by atoms with E-state index < -0.39 is 28.8 Å². The van der Waals surface area contributed by atoms with E-state index in [1.54, 1.807) is 17.2 Å². The molecule has 0 bridgehead atoms. The summed E-state index contributed by atoms with van der Waals surface area (Å²) in [4.78, 5) is 37.2. The summed E-state index contributed by atoms with van der Waals surface area (Å²) in [6.07, 6.45) is 3.66. The number of piperazine rings is 1. The topological polar surface area (TPSA) is 126 Å². The zero-order chi connectivity index (χ0) is 39.5. The normalized spacial score (nSPS) is 21.6. The van der Waals surface area contributed by atoms with E-state index in [2.05, 4.69) is 31.7 Å². The second kappa shape index (κ2) is 14.6. The molecular formula is C40H42ClF4N9O2. The number of nitrogens with one attached hydrogen (secondary N) is 1. The van der Waals surface area contributed by atoms with Gasteiger partial charge in [-0.1, -0.05) is 23.8 Å². The highest BCUT2D eigenvalue weighted by Gasteiger charge is 2.47. The summed E-state index contributed by atoms with van der Waals surface area (Å²) in [5, 5.41) is 3.21. The molecule has 1 amide bonds. The van der Waals surface area contributed by atoms with Crippen molar-refractivity contribution in [2.45, 2.75) is 63.8 Å². The molecule has 294 valence electrons. The lowest BCUT2D eigenvalue weighted by atomic mass is 9.94. The third-order valence-electron chi connectivity index (χ3n) is 11.5. The molecule has 3 N–H and O–H groups in total. The molecule has 8 rings (SSSR count). The van der Waals surface area contributed by atoms with Crippen LogP contribution in [0.15, 0.2) is 42.6 Å². The standard InChI is InChI=1S/C40H42ClF4N9O2/c1-22-17-39(9-4-12-53(39)19-22)21-56-38-50-35-26(16-28(41)32(34(35)42)36-33(40(43,44)45)23(2)15-30(46)49-36)37(51-38)54-14-13-52(20-24(54)3)31(55)6-5-29-27-18-47-10-7-25(27)8-11-48-29/h5-6,8,11,15-16,24,47H,1,4,7,9-10,12-14,17-21H2,2-3H3,(H2,46,49)/b6-5+/t24-,39-/m0/s1. The van der Waals surface area contributed by atoms with Gasteiger partial charge in [-0.25, -0.2) is 9.37 Å². The second-order valence-electron chi connectivity index (χ2n) is 15.2. The number of anilines is 2. The van der Waals surface area contributed by atoms with Crippen molar-refractivity contribution in [3.8, 4) is 17.3 Å². The quantitative estimate of drug-likeness (QED) is 0.124.